The number of methoxy groups -OCH3 is 1. The summed E-state index contributed by atoms with van der Waals surface area (Å²) in [7, 11) is 1.44. The van der Waals surface area contributed by atoms with Gasteiger partial charge in [0.2, 0.25) is 0 Å². The van der Waals surface area contributed by atoms with Gasteiger partial charge in [0.05, 0.1) is 7.11 Å². The van der Waals surface area contributed by atoms with Crippen LogP contribution in [0.3, 0.4) is 0 Å². The molecule has 0 aliphatic carbocycles. The Morgan fingerprint density at radius 1 is 1.33 bits per heavy atom. The van der Waals surface area contributed by atoms with E-state index in [0.717, 1.165) is 18.5 Å². The summed E-state index contributed by atoms with van der Waals surface area (Å²) in [6, 6.07) is 9.79. The second kappa shape index (κ2) is 6.55. The van der Waals surface area contributed by atoms with Crippen molar-refractivity contribution in [2.24, 2.45) is 5.92 Å². The lowest BCUT2D eigenvalue weighted by Crippen LogP contribution is -2.54. The molecular weight excluding hydrogens is 226 g/mol. The van der Waals surface area contributed by atoms with Gasteiger partial charge >= 0.3 is 5.97 Å². The third kappa shape index (κ3) is 2.72. The zero-order chi connectivity index (χ0) is 13.6. The van der Waals surface area contributed by atoms with Crippen molar-refractivity contribution in [3.05, 3.63) is 35.9 Å². The van der Waals surface area contributed by atoms with Gasteiger partial charge in [-0.25, -0.2) is 4.79 Å². The Balaban J connectivity index is 3.24. The van der Waals surface area contributed by atoms with Crippen molar-refractivity contribution < 1.29 is 9.53 Å². The van der Waals surface area contributed by atoms with E-state index in [0.29, 0.717) is 0 Å². The summed E-state index contributed by atoms with van der Waals surface area (Å²) in [5, 5.41) is 3.37. The van der Waals surface area contributed by atoms with E-state index in [1.165, 1.54) is 7.11 Å². The maximum atomic E-state index is 12.3. The normalized spacial score (nSPS) is 14.3. The average Bonchev–Trinajstić information content (AvgIpc) is 2.40. The molecule has 0 aliphatic heterocycles. The van der Waals surface area contributed by atoms with Gasteiger partial charge in [0, 0.05) is 0 Å². The molecule has 1 unspecified atom stereocenters. The predicted octanol–water partition coefficient (Wildman–Crippen LogP) is 2.71. The lowest BCUT2D eigenvalue weighted by atomic mass is 9.79. The second-order valence-electron chi connectivity index (χ2n) is 4.75. The standard InChI is InChI=1S/C15H23NO2/c1-5-11-16-15(12(2)3,14(17)18-4)13-9-7-6-8-10-13/h6-10,12,16H,5,11H2,1-4H3. The van der Waals surface area contributed by atoms with E-state index in [1.54, 1.807) is 0 Å². The van der Waals surface area contributed by atoms with Crippen LogP contribution < -0.4 is 5.32 Å². The first-order valence-electron chi connectivity index (χ1n) is 6.48. The first-order chi connectivity index (χ1) is 8.59. The van der Waals surface area contributed by atoms with E-state index in [-0.39, 0.29) is 11.9 Å². The summed E-state index contributed by atoms with van der Waals surface area (Å²) < 4.78 is 5.03. The maximum Gasteiger partial charge on any atom is 0.330 e. The molecule has 1 aromatic rings. The van der Waals surface area contributed by atoms with Gasteiger partial charge in [0.1, 0.15) is 5.54 Å². The Bertz CT molecular complexity index is 375. The third-order valence-corrected chi connectivity index (χ3v) is 3.26. The molecule has 3 nitrogen and oxygen atoms in total. The predicted molar refractivity (Wildman–Crippen MR) is 73.3 cm³/mol. The summed E-state index contributed by atoms with van der Waals surface area (Å²) in [5.74, 6) is -0.115. The van der Waals surface area contributed by atoms with Crippen LogP contribution in [0.25, 0.3) is 0 Å². The van der Waals surface area contributed by atoms with Gasteiger partial charge in [-0.05, 0) is 24.4 Å². The minimum atomic E-state index is -0.758. The van der Waals surface area contributed by atoms with Crippen LogP contribution in [0.1, 0.15) is 32.8 Å². The van der Waals surface area contributed by atoms with Crippen molar-refractivity contribution in [2.45, 2.75) is 32.7 Å². The van der Waals surface area contributed by atoms with Crippen molar-refractivity contribution in [1.29, 1.82) is 0 Å². The molecule has 0 bridgehead atoms. The first kappa shape index (κ1) is 14.7. The number of hydrogen-bond donors (Lipinski definition) is 1. The average molecular weight is 249 g/mol. The molecule has 0 aromatic heterocycles. The summed E-state index contributed by atoms with van der Waals surface area (Å²) in [6.45, 7) is 6.93. The van der Waals surface area contributed by atoms with Crippen LogP contribution in [0.2, 0.25) is 0 Å². The highest BCUT2D eigenvalue weighted by atomic mass is 16.5. The van der Waals surface area contributed by atoms with E-state index in [9.17, 15) is 4.79 Å². The van der Waals surface area contributed by atoms with Crippen molar-refractivity contribution >= 4 is 5.97 Å². The van der Waals surface area contributed by atoms with Crippen LogP contribution in [0.5, 0.6) is 0 Å². The lowest BCUT2D eigenvalue weighted by Gasteiger charge is -2.36. The molecule has 0 fully saturated rings. The van der Waals surface area contributed by atoms with Crippen molar-refractivity contribution in [3.63, 3.8) is 0 Å². The van der Waals surface area contributed by atoms with Crippen molar-refractivity contribution in [3.8, 4) is 0 Å². The largest absolute Gasteiger partial charge is 0.467 e. The summed E-state index contributed by atoms with van der Waals surface area (Å²) in [5.41, 5.74) is 0.201. The SMILES string of the molecule is CCCNC(C(=O)OC)(c1ccccc1)C(C)C. The number of esters is 1. The fraction of sp³-hybridized carbons (Fsp3) is 0.533. The Labute approximate surface area is 110 Å². The Morgan fingerprint density at radius 3 is 2.39 bits per heavy atom. The molecule has 0 spiro atoms. The molecule has 1 rings (SSSR count). The summed E-state index contributed by atoms with van der Waals surface area (Å²) >= 11 is 0. The van der Waals surface area contributed by atoms with Gasteiger partial charge in [-0.15, -0.1) is 0 Å². The topological polar surface area (TPSA) is 38.3 Å². The summed E-state index contributed by atoms with van der Waals surface area (Å²) in [4.78, 5) is 12.3. The summed E-state index contributed by atoms with van der Waals surface area (Å²) in [6.07, 6.45) is 0.971. The van der Waals surface area contributed by atoms with Gasteiger partial charge in [-0.2, -0.15) is 0 Å². The smallest absolute Gasteiger partial charge is 0.330 e. The van der Waals surface area contributed by atoms with Crippen LogP contribution in [0, 0.1) is 5.92 Å². The highest BCUT2D eigenvalue weighted by Crippen LogP contribution is 2.31. The van der Waals surface area contributed by atoms with E-state index in [2.05, 4.69) is 12.2 Å². The van der Waals surface area contributed by atoms with E-state index < -0.39 is 5.54 Å². The van der Waals surface area contributed by atoms with Gasteiger partial charge in [0.15, 0.2) is 0 Å². The highest BCUT2D eigenvalue weighted by Gasteiger charge is 2.43. The van der Waals surface area contributed by atoms with E-state index in [4.69, 9.17) is 4.74 Å². The lowest BCUT2D eigenvalue weighted by molar-refractivity contribution is -0.151. The molecule has 0 saturated heterocycles. The monoisotopic (exact) mass is 249 g/mol. The maximum absolute atomic E-state index is 12.3. The molecule has 0 radical (unpaired) electrons. The zero-order valence-corrected chi connectivity index (χ0v) is 11.7. The van der Waals surface area contributed by atoms with Gasteiger partial charge < -0.3 is 4.74 Å². The molecule has 0 aliphatic rings. The first-order valence-corrected chi connectivity index (χ1v) is 6.48. The van der Waals surface area contributed by atoms with Gasteiger partial charge in [0.25, 0.3) is 0 Å². The third-order valence-electron chi connectivity index (χ3n) is 3.26. The number of hydrogen-bond acceptors (Lipinski definition) is 3. The Hall–Kier alpha value is -1.35. The number of benzene rings is 1. The molecule has 3 heteroatoms. The van der Waals surface area contributed by atoms with Crippen LogP contribution in [0.4, 0.5) is 0 Å². The fourth-order valence-corrected chi connectivity index (χ4v) is 2.25. The number of carbonyl (C=O) groups is 1. The number of carbonyl (C=O) groups excluding carboxylic acids is 1. The molecular formula is C15H23NO2. The Kier molecular flexibility index (Phi) is 5.35. The van der Waals surface area contributed by atoms with Crippen LogP contribution >= 0.6 is 0 Å². The molecule has 0 heterocycles. The Morgan fingerprint density at radius 2 is 1.94 bits per heavy atom. The number of ether oxygens (including phenoxy) is 1. The molecule has 18 heavy (non-hydrogen) atoms. The number of rotatable bonds is 6. The number of nitrogens with one attached hydrogen (secondary N) is 1. The minimum absolute atomic E-state index is 0.110. The highest BCUT2D eigenvalue weighted by molar-refractivity contribution is 5.83. The second-order valence-corrected chi connectivity index (χ2v) is 4.75. The molecule has 0 amide bonds. The quantitative estimate of drug-likeness (QED) is 0.788. The molecule has 0 saturated carbocycles. The van der Waals surface area contributed by atoms with Gasteiger partial charge in [-0.1, -0.05) is 51.1 Å². The molecule has 1 aromatic carbocycles. The minimum Gasteiger partial charge on any atom is -0.467 e. The van der Waals surface area contributed by atoms with Crippen molar-refractivity contribution in [1.82, 2.24) is 5.32 Å². The molecule has 1 atom stereocenters. The van der Waals surface area contributed by atoms with E-state index in [1.807, 2.05) is 44.2 Å². The van der Waals surface area contributed by atoms with E-state index >= 15 is 0 Å². The molecule has 100 valence electrons. The van der Waals surface area contributed by atoms with Gasteiger partial charge in [-0.3, -0.25) is 5.32 Å². The molecule has 1 N–H and O–H groups in total. The zero-order valence-electron chi connectivity index (χ0n) is 11.7. The van der Waals surface area contributed by atoms with Crippen LogP contribution in [-0.2, 0) is 15.1 Å². The fourth-order valence-electron chi connectivity index (χ4n) is 2.25. The van der Waals surface area contributed by atoms with Crippen LogP contribution in [0.15, 0.2) is 30.3 Å². The van der Waals surface area contributed by atoms with Crippen LogP contribution in [-0.4, -0.2) is 19.6 Å². The van der Waals surface area contributed by atoms with Crippen molar-refractivity contribution in [2.75, 3.05) is 13.7 Å².